The molecule has 0 radical (unpaired) electrons. The van der Waals surface area contributed by atoms with Crippen LogP contribution in [0.4, 0.5) is 26.3 Å². The van der Waals surface area contributed by atoms with Crippen LogP contribution in [0.2, 0.25) is 0 Å². The van der Waals surface area contributed by atoms with Gasteiger partial charge in [-0.15, -0.1) is 0 Å². The molecule has 0 aliphatic rings. The van der Waals surface area contributed by atoms with Gasteiger partial charge in [0.2, 0.25) is 11.7 Å². The molecule has 0 rings (SSSR count). The molecule has 18 heavy (non-hydrogen) atoms. The maximum absolute atomic E-state index is 12.9. The van der Waals surface area contributed by atoms with E-state index in [1.807, 2.05) is 0 Å². The van der Waals surface area contributed by atoms with E-state index in [9.17, 15) is 31.1 Å². The minimum absolute atomic E-state index is 0.0610. The van der Waals surface area contributed by atoms with E-state index in [0.29, 0.717) is 0 Å². The lowest BCUT2D eigenvalue weighted by atomic mass is 10.1. The Morgan fingerprint density at radius 1 is 1.11 bits per heavy atom. The number of hydrogen-bond acceptors (Lipinski definition) is 1. The van der Waals surface area contributed by atoms with Crippen molar-refractivity contribution in [3.8, 4) is 0 Å². The number of rotatable bonds is 8. The van der Waals surface area contributed by atoms with E-state index in [4.69, 9.17) is 5.11 Å². The summed E-state index contributed by atoms with van der Waals surface area (Å²) in [5.74, 6) is -10.9. The van der Waals surface area contributed by atoms with Crippen molar-refractivity contribution in [2.75, 3.05) is 0 Å². The molecule has 0 aliphatic heterocycles. The number of hydrogen-bond donors (Lipinski definition) is 1. The summed E-state index contributed by atoms with van der Waals surface area (Å²) in [5, 5.41) is 8.25. The van der Waals surface area contributed by atoms with Crippen LogP contribution >= 0.6 is 0 Å². The standard InChI is InChI=1S/C10H12F6O2/c11-7(9(13)14)8(12)10(15,16)5-3-1-2-4-6(17)18/h9H,1-5H2,(H,17,18)/b8-7+. The van der Waals surface area contributed by atoms with Gasteiger partial charge in [-0.1, -0.05) is 6.42 Å². The molecule has 0 aliphatic carbocycles. The summed E-state index contributed by atoms with van der Waals surface area (Å²) < 4.78 is 74.1. The highest BCUT2D eigenvalue weighted by atomic mass is 19.3. The number of carboxylic acid groups (broad SMARTS) is 1. The largest absolute Gasteiger partial charge is 0.481 e. The van der Waals surface area contributed by atoms with Crippen LogP contribution in [-0.4, -0.2) is 23.4 Å². The molecule has 0 bridgehead atoms. The molecule has 8 heteroatoms. The van der Waals surface area contributed by atoms with Gasteiger partial charge in [-0.2, -0.15) is 8.78 Å². The quantitative estimate of drug-likeness (QED) is 0.536. The second-order valence-electron chi connectivity index (χ2n) is 3.62. The summed E-state index contributed by atoms with van der Waals surface area (Å²) in [6.07, 6.45) is -5.40. The van der Waals surface area contributed by atoms with Gasteiger partial charge in [0.1, 0.15) is 0 Å². The number of alkyl halides is 4. The second-order valence-corrected chi connectivity index (χ2v) is 3.62. The Morgan fingerprint density at radius 2 is 1.67 bits per heavy atom. The highest BCUT2D eigenvalue weighted by Crippen LogP contribution is 2.35. The minimum atomic E-state index is -4.29. The highest BCUT2D eigenvalue weighted by Gasteiger charge is 2.39. The fourth-order valence-electron chi connectivity index (χ4n) is 1.18. The van der Waals surface area contributed by atoms with Crippen LogP contribution in [0.3, 0.4) is 0 Å². The molecule has 0 atom stereocenters. The third-order valence-corrected chi connectivity index (χ3v) is 2.10. The van der Waals surface area contributed by atoms with Crippen molar-refractivity contribution >= 4 is 5.97 Å². The van der Waals surface area contributed by atoms with E-state index in [0.717, 1.165) is 0 Å². The summed E-state index contributed by atoms with van der Waals surface area (Å²) in [5.41, 5.74) is 0. The zero-order chi connectivity index (χ0) is 14.3. The van der Waals surface area contributed by atoms with Gasteiger partial charge in [-0.3, -0.25) is 4.79 Å². The molecule has 0 saturated heterocycles. The third kappa shape index (κ3) is 5.92. The molecule has 0 heterocycles. The molecule has 2 nitrogen and oxygen atoms in total. The lowest BCUT2D eigenvalue weighted by Gasteiger charge is -2.14. The molecule has 0 unspecified atom stereocenters. The van der Waals surface area contributed by atoms with Crippen molar-refractivity contribution in [2.24, 2.45) is 0 Å². The van der Waals surface area contributed by atoms with Crippen LogP contribution in [0.15, 0.2) is 11.7 Å². The predicted octanol–water partition coefficient (Wildman–Crippen LogP) is 4.07. The summed E-state index contributed by atoms with van der Waals surface area (Å²) in [6.45, 7) is 0. The number of carboxylic acids is 1. The minimum Gasteiger partial charge on any atom is -0.481 e. The fraction of sp³-hybridized carbons (Fsp3) is 0.700. The first-order chi connectivity index (χ1) is 8.18. The van der Waals surface area contributed by atoms with Crippen LogP contribution in [-0.2, 0) is 4.79 Å². The van der Waals surface area contributed by atoms with Crippen LogP contribution in [0.1, 0.15) is 32.1 Å². The first kappa shape index (κ1) is 16.8. The number of allylic oxidation sites excluding steroid dienone is 2. The molecule has 0 saturated carbocycles. The van der Waals surface area contributed by atoms with Crippen molar-refractivity contribution in [2.45, 2.75) is 44.5 Å². The summed E-state index contributed by atoms with van der Waals surface area (Å²) in [7, 11) is 0. The van der Waals surface area contributed by atoms with E-state index in [1.165, 1.54) is 0 Å². The Kier molecular flexibility index (Phi) is 6.79. The number of carbonyl (C=O) groups is 1. The van der Waals surface area contributed by atoms with Crippen molar-refractivity contribution in [1.29, 1.82) is 0 Å². The van der Waals surface area contributed by atoms with Crippen molar-refractivity contribution < 1.29 is 36.2 Å². The Morgan fingerprint density at radius 3 is 2.11 bits per heavy atom. The van der Waals surface area contributed by atoms with Gasteiger partial charge < -0.3 is 5.11 Å². The maximum atomic E-state index is 12.9. The normalized spacial score (nSPS) is 13.7. The molecular formula is C10H12F6O2. The molecule has 1 N–H and O–H groups in total. The van der Waals surface area contributed by atoms with Crippen LogP contribution < -0.4 is 0 Å². The SMILES string of the molecule is O=C(O)CCCCCC(F)(F)/C(F)=C(\F)C(F)F. The van der Waals surface area contributed by atoms with Gasteiger partial charge in [0.15, 0.2) is 0 Å². The predicted molar refractivity (Wildman–Crippen MR) is 50.9 cm³/mol. The molecule has 106 valence electrons. The monoisotopic (exact) mass is 278 g/mol. The topological polar surface area (TPSA) is 37.3 Å². The van der Waals surface area contributed by atoms with Gasteiger partial charge in [0, 0.05) is 12.8 Å². The smallest absolute Gasteiger partial charge is 0.303 e. The average Bonchev–Trinajstić information content (AvgIpc) is 2.25. The first-order valence-electron chi connectivity index (χ1n) is 5.12. The Hall–Kier alpha value is -1.21. The molecule has 0 aromatic rings. The van der Waals surface area contributed by atoms with Crippen LogP contribution in [0, 0.1) is 0 Å². The van der Waals surface area contributed by atoms with Crippen LogP contribution in [0.25, 0.3) is 0 Å². The van der Waals surface area contributed by atoms with Crippen molar-refractivity contribution in [3.05, 3.63) is 11.7 Å². The zero-order valence-corrected chi connectivity index (χ0v) is 9.24. The fourth-order valence-corrected chi connectivity index (χ4v) is 1.18. The lowest BCUT2D eigenvalue weighted by Crippen LogP contribution is -2.19. The molecule has 0 fully saturated rings. The van der Waals surface area contributed by atoms with E-state index < -0.39 is 36.4 Å². The first-order valence-corrected chi connectivity index (χ1v) is 5.12. The van der Waals surface area contributed by atoms with Gasteiger partial charge >= 0.3 is 11.9 Å². The second kappa shape index (κ2) is 7.27. The average molecular weight is 278 g/mol. The Bertz CT molecular complexity index is 313. The van der Waals surface area contributed by atoms with Gasteiger partial charge in [0.05, 0.1) is 0 Å². The van der Waals surface area contributed by atoms with E-state index in [2.05, 4.69) is 0 Å². The molecule has 0 aromatic carbocycles. The zero-order valence-electron chi connectivity index (χ0n) is 9.24. The van der Waals surface area contributed by atoms with Crippen molar-refractivity contribution in [1.82, 2.24) is 0 Å². The summed E-state index contributed by atoms with van der Waals surface area (Å²) in [6, 6.07) is 0. The number of aliphatic carboxylic acids is 1. The van der Waals surface area contributed by atoms with E-state index in [-0.39, 0.29) is 25.7 Å². The van der Waals surface area contributed by atoms with Gasteiger partial charge in [-0.05, 0) is 12.8 Å². The molecule has 0 amide bonds. The van der Waals surface area contributed by atoms with Crippen LogP contribution in [0.5, 0.6) is 0 Å². The van der Waals surface area contributed by atoms with Gasteiger partial charge in [-0.25, -0.2) is 17.6 Å². The molecule has 0 spiro atoms. The van der Waals surface area contributed by atoms with E-state index in [1.54, 1.807) is 0 Å². The van der Waals surface area contributed by atoms with Gasteiger partial charge in [0.25, 0.3) is 6.43 Å². The lowest BCUT2D eigenvalue weighted by molar-refractivity contribution is -0.137. The van der Waals surface area contributed by atoms with Crippen molar-refractivity contribution in [3.63, 3.8) is 0 Å². The number of halogens is 6. The third-order valence-electron chi connectivity index (χ3n) is 2.10. The molecular weight excluding hydrogens is 266 g/mol. The molecule has 0 aromatic heterocycles. The highest BCUT2D eigenvalue weighted by molar-refractivity contribution is 5.66. The maximum Gasteiger partial charge on any atom is 0.303 e. The van der Waals surface area contributed by atoms with E-state index >= 15 is 0 Å². The summed E-state index contributed by atoms with van der Waals surface area (Å²) in [4.78, 5) is 10.1. The summed E-state index contributed by atoms with van der Waals surface area (Å²) >= 11 is 0. The number of unbranched alkanes of at least 4 members (excludes halogenated alkanes) is 2. The Balaban J connectivity index is 4.23. The Labute approximate surface area is 99.3 Å².